The number of nitro groups is 1. The minimum atomic E-state index is -0.364. The smallest absolute Gasteiger partial charge is 0.270 e. The monoisotopic (exact) mass is 283 g/mol. The Morgan fingerprint density at radius 2 is 1.95 bits per heavy atom. The molecular weight excluding hydrogens is 266 g/mol. The number of nitrogens with zero attached hydrogens (tertiary/aromatic N) is 3. The van der Waals surface area contributed by atoms with Crippen LogP contribution in [0.2, 0.25) is 0 Å². The van der Waals surface area contributed by atoms with Gasteiger partial charge in [0, 0.05) is 30.1 Å². The summed E-state index contributed by atoms with van der Waals surface area (Å²) in [6, 6.07) is 9.45. The van der Waals surface area contributed by atoms with E-state index in [2.05, 4.69) is 4.90 Å². The summed E-state index contributed by atoms with van der Waals surface area (Å²) in [7, 11) is 0. The Bertz CT molecular complexity index is 708. The van der Waals surface area contributed by atoms with Gasteiger partial charge in [-0.05, 0) is 49.8 Å². The summed E-state index contributed by atoms with van der Waals surface area (Å²) in [6.45, 7) is 1.11. The molecule has 5 nitrogen and oxygen atoms in total. The second-order valence-corrected chi connectivity index (χ2v) is 6.13. The molecule has 0 spiro atoms. The summed E-state index contributed by atoms with van der Waals surface area (Å²) < 4.78 is 0. The number of benzene rings is 1. The van der Waals surface area contributed by atoms with E-state index in [-0.39, 0.29) is 10.6 Å². The van der Waals surface area contributed by atoms with Gasteiger partial charge in [-0.1, -0.05) is 0 Å². The first-order valence-electron chi connectivity index (χ1n) is 7.52. The molecule has 2 saturated heterocycles. The molecular formula is C16H17N3O2. The van der Waals surface area contributed by atoms with E-state index in [4.69, 9.17) is 4.98 Å². The van der Waals surface area contributed by atoms with Crippen LogP contribution in [0.1, 0.15) is 25.7 Å². The lowest BCUT2D eigenvalue weighted by Crippen LogP contribution is -2.48. The molecule has 5 heteroatoms. The van der Waals surface area contributed by atoms with Crippen molar-refractivity contribution in [3.63, 3.8) is 0 Å². The van der Waals surface area contributed by atoms with Crippen LogP contribution in [0.4, 0.5) is 11.5 Å². The Labute approximate surface area is 122 Å². The van der Waals surface area contributed by atoms with E-state index in [0.29, 0.717) is 6.04 Å². The maximum atomic E-state index is 10.8. The van der Waals surface area contributed by atoms with Crippen LogP contribution < -0.4 is 4.90 Å². The molecule has 5 rings (SSSR count). The number of piperidine rings is 2. The number of rotatable bonds is 2. The van der Waals surface area contributed by atoms with Crippen molar-refractivity contribution in [2.24, 2.45) is 5.92 Å². The van der Waals surface area contributed by atoms with Crippen LogP contribution in [0.25, 0.3) is 10.9 Å². The molecule has 1 aliphatic carbocycles. The Morgan fingerprint density at radius 3 is 2.62 bits per heavy atom. The third kappa shape index (κ3) is 2.13. The summed E-state index contributed by atoms with van der Waals surface area (Å²) in [4.78, 5) is 17.6. The van der Waals surface area contributed by atoms with Crippen LogP contribution in [0, 0.1) is 16.0 Å². The fourth-order valence-electron chi connectivity index (χ4n) is 3.72. The van der Waals surface area contributed by atoms with Crippen LogP contribution >= 0.6 is 0 Å². The van der Waals surface area contributed by atoms with Crippen molar-refractivity contribution in [2.75, 3.05) is 11.4 Å². The molecule has 108 valence electrons. The molecule has 1 aromatic carbocycles. The topological polar surface area (TPSA) is 59.3 Å². The molecule has 3 fully saturated rings. The zero-order valence-corrected chi connectivity index (χ0v) is 11.7. The number of fused-ring (bicyclic) bond motifs is 4. The summed E-state index contributed by atoms with van der Waals surface area (Å²) in [6.07, 6.45) is 5.23. The van der Waals surface area contributed by atoms with E-state index in [9.17, 15) is 10.1 Å². The van der Waals surface area contributed by atoms with Crippen LogP contribution in [-0.2, 0) is 0 Å². The third-order valence-electron chi connectivity index (χ3n) is 4.88. The number of anilines is 1. The minimum Gasteiger partial charge on any atom is -0.353 e. The first-order valence-corrected chi connectivity index (χ1v) is 7.52. The number of hydrogen-bond acceptors (Lipinski definition) is 4. The van der Waals surface area contributed by atoms with E-state index in [0.717, 1.165) is 29.2 Å². The standard InChI is InChI=1S/C16H17N3O2/c20-19(21)14-6-7-15-12(9-14)3-8-16(17-15)18-10-11-1-4-13(18)5-2-11/h3,6-9,11,13H,1-2,4-5,10H2. The van der Waals surface area contributed by atoms with Crippen molar-refractivity contribution in [1.82, 2.24) is 4.98 Å². The SMILES string of the molecule is O=[N+]([O-])c1ccc2nc(N3CC4CCC3CC4)ccc2c1. The molecule has 1 saturated carbocycles. The Kier molecular flexibility index (Phi) is 2.80. The van der Waals surface area contributed by atoms with Gasteiger partial charge < -0.3 is 4.90 Å². The number of aromatic nitrogens is 1. The molecule has 3 aliphatic rings. The Morgan fingerprint density at radius 1 is 1.14 bits per heavy atom. The van der Waals surface area contributed by atoms with Gasteiger partial charge in [0.05, 0.1) is 10.4 Å². The Balaban J connectivity index is 1.71. The maximum Gasteiger partial charge on any atom is 0.270 e. The predicted molar refractivity (Wildman–Crippen MR) is 81.5 cm³/mol. The molecule has 0 amide bonds. The largest absolute Gasteiger partial charge is 0.353 e. The van der Waals surface area contributed by atoms with Gasteiger partial charge >= 0.3 is 0 Å². The highest BCUT2D eigenvalue weighted by Gasteiger charge is 2.34. The molecule has 21 heavy (non-hydrogen) atoms. The Hall–Kier alpha value is -2.17. The maximum absolute atomic E-state index is 10.8. The second kappa shape index (κ2) is 4.69. The third-order valence-corrected chi connectivity index (χ3v) is 4.88. The molecule has 1 aromatic heterocycles. The molecule has 0 atom stereocenters. The second-order valence-electron chi connectivity index (χ2n) is 6.13. The van der Waals surface area contributed by atoms with Gasteiger partial charge in [-0.2, -0.15) is 0 Å². The van der Waals surface area contributed by atoms with Crippen molar-refractivity contribution >= 4 is 22.4 Å². The average Bonchev–Trinajstić information content (AvgIpc) is 2.54. The number of pyridine rings is 1. The number of hydrogen-bond donors (Lipinski definition) is 0. The molecule has 3 heterocycles. The van der Waals surface area contributed by atoms with Gasteiger partial charge in [0.2, 0.25) is 0 Å². The predicted octanol–water partition coefficient (Wildman–Crippen LogP) is 3.52. The van der Waals surface area contributed by atoms with E-state index >= 15 is 0 Å². The quantitative estimate of drug-likeness (QED) is 0.625. The zero-order valence-electron chi connectivity index (χ0n) is 11.7. The van der Waals surface area contributed by atoms with Crippen LogP contribution in [0.3, 0.4) is 0 Å². The minimum absolute atomic E-state index is 0.120. The van der Waals surface area contributed by atoms with E-state index in [1.165, 1.54) is 31.7 Å². The number of non-ortho nitro benzene ring substituents is 1. The van der Waals surface area contributed by atoms with Gasteiger partial charge in [-0.25, -0.2) is 4.98 Å². The molecule has 2 aromatic rings. The fourth-order valence-corrected chi connectivity index (χ4v) is 3.72. The van der Waals surface area contributed by atoms with Crippen molar-refractivity contribution in [3.8, 4) is 0 Å². The van der Waals surface area contributed by atoms with Gasteiger partial charge in [0.1, 0.15) is 5.82 Å². The van der Waals surface area contributed by atoms with Crippen molar-refractivity contribution in [1.29, 1.82) is 0 Å². The first kappa shape index (κ1) is 12.6. The lowest BCUT2D eigenvalue weighted by molar-refractivity contribution is -0.384. The van der Waals surface area contributed by atoms with Crippen LogP contribution in [0.5, 0.6) is 0 Å². The van der Waals surface area contributed by atoms with E-state index in [1.807, 2.05) is 12.1 Å². The molecule has 0 unspecified atom stereocenters. The van der Waals surface area contributed by atoms with Gasteiger partial charge in [0.15, 0.2) is 0 Å². The lowest BCUT2D eigenvalue weighted by atomic mass is 9.80. The van der Waals surface area contributed by atoms with Crippen molar-refractivity contribution in [3.05, 3.63) is 40.4 Å². The zero-order chi connectivity index (χ0) is 14.4. The normalized spacial score (nSPS) is 24.5. The molecule has 0 radical (unpaired) electrons. The number of nitro benzene ring substituents is 1. The van der Waals surface area contributed by atoms with Gasteiger partial charge in [-0.3, -0.25) is 10.1 Å². The van der Waals surface area contributed by atoms with E-state index in [1.54, 1.807) is 12.1 Å². The lowest BCUT2D eigenvalue weighted by Gasteiger charge is -2.46. The van der Waals surface area contributed by atoms with Gasteiger partial charge in [0.25, 0.3) is 5.69 Å². The molecule has 2 bridgehead atoms. The fraction of sp³-hybridized carbons (Fsp3) is 0.438. The molecule has 0 N–H and O–H groups in total. The summed E-state index contributed by atoms with van der Waals surface area (Å²) in [5, 5.41) is 11.7. The molecule has 2 aliphatic heterocycles. The highest BCUT2D eigenvalue weighted by atomic mass is 16.6. The van der Waals surface area contributed by atoms with Crippen LogP contribution in [0.15, 0.2) is 30.3 Å². The first-order chi connectivity index (χ1) is 10.2. The summed E-state index contributed by atoms with van der Waals surface area (Å²) in [5.74, 6) is 1.83. The van der Waals surface area contributed by atoms with Crippen molar-refractivity contribution < 1.29 is 4.92 Å². The highest BCUT2D eigenvalue weighted by molar-refractivity contribution is 5.82. The highest BCUT2D eigenvalue weighted by Crippen LogP contribution is 2.37. The van der Waals surface area contributed by atoms with Crippen LogP contribution in [-0.4, -0.2) is 22.5 Å². The summed E-state index contributed by atoms with van der Waals surface area (Å²) in [5.41, 5.74) is 0.952. The average molecular weight is 283 g/mol. The van der Waals surface area contributed by atoms with Gasteiger partial charge in [-0.15, -0.1) is 0 Å². The van der Waals surface area contributed by atoms with E-state index < -0.39 is 0 Å². The van der Waals surface area contributed by atoms with Crippen molar-refractivity contribution in [2.45, 2.75) is 31.7 Å². The summed E-state index contributed by atoms with van der Waals surface area (Å²) >= 11 is 0.